The topological polar surface area (TPSA) is 0 Å². The number of hydrogen-bond acceptors (Lipinski definition) is 0. The van der Waals surface area contributed by atoms with Crippen LogP contribution in [-0.2, 0) is 10.8 Å². The van der Waals surface area contributed by atoms with Gasteiger partial charge in [0.05, 0.1) is 0 Å². The second-order valence-corrected chi connectivity index (χ2v) is 7.21. The fraction of sp³-hybridized carbons (Fsp3) is 0.444. The molecule has 2 aromatic carbocycles. The van der Waals surface area contributed by atoms with Crippen molar-refractivity contribution in [2.75, 3.05) is 0 Å². The summed E-state index contributed by atoms with van der Waals surface area (Å²) in [6, 6.07) is 13.4. The van der Waals surface area contributed by atoms with Gasteiger partial charge in [-0.2, -0.15) is 0 Å². The van der Waals surface area contributed by atoms with Crippen LogP contribution in [0.1, 0.15) is 52.7 Å². The molecule has 0 aliphatic rings. The first kappa shape index (κ1) is 13.1. The van der Waals surface area contributed by atoms with Crippen LogP contribution in [-0.4, -0.2) is 0 Å². The molecule has 0 heteroatoms. The van der Waals surface area contributed by atoms with Gasteiger partial charge in [-0.1, -0.05) is 77.9 Å². The van der Waals surface area contributed by atoms with E-state index in [-0.39, 0.29) is 10.8 Å². The van der Waals surface area contributed by atoms with E-state index < -0.39 is 0 Å². The van der Waals surface area contributed by atoms with Gasteiger partial charge >= 0.3 is 0 Å². The summed E-state index contributed by atoms with van der Waals surface area (Å²) in [7, 11) is 0. The van der Waals surface area contributed by atoms with E-state index in [9.17, 15) is 0 Å². The first-order valence-corrected chi connectivity index (χ1v) is 6.74. The van der Waals surface area contributed by atoms with Crippen LogP contribution in [0, 0.1) is 0 Å². The number of hydrogen-bond donors (Lipinski definition) is 0. The lowest BCUT2D eigenvalue weighted by Crippen LogP contribution is -2.14. The van der Waals surface area contributed by atoms with Crippen molar-refractivity contribution >= 4 is 10.8 Å². The van der Waals surface area contributed by atoms with Crippen molar-refractivity contribution in [3.05, 3.63) is 47.5 Å². The van der Waals surface area contributed by atoms with Crippen molar-refractivity contribution in [3.63, 3.8) is 0 Å². The minimum atomic E-state index is 0.190. The molecule has 0 radical (unpaired) electrons. The maximum Gasteiger partial charge on any atom is -0.0126 e. The van der Waals surface area contributed by atoms with Crippen LogP contribution in [0.3, 0.4) is 0 Å². The van der Waals surface area contributed by atoms with Crippen LogP contribution in [0.25, 0.3) is 10.8 Å². The zero-order chi connectivity index (χ0) is 13.6. The van der Waals surface area contributed by atoms with Gasteiger partial charge in [-0.05, 0) is 32.7 Å². The minimum absolute atomic E-state index is 0.190. The Morgan fingerprint density at radius 1 is 0.556 bits per heavy atom. The van der Waals surface area contributed by atoms with Crippen molar-refractivity contribution < 1.29 is 0 Å². The average Bonchev–Trinajstić information content (AvgIpc) is 2.24. The van der Waals surface area contributed by atoms with Gasteiger partial charge in [-0.3, -0.25) is 0 Å². The van der Waals surface area contributed by atoms with Gasteiger partial charge in [0.15, 0.2) is 0 Å². The molecule has 18 heavy (non-hydrogen) atoms. The maximum absolute atomic E-state index is 2.28. The van der Waals surface area contributed by atoms with Crippen LogP contribution >= 0.6 is 0 Å². The first-order chi connectivity index (χ1) is 8.21. The fourth-order valence-electron chi connectivity index (χ4n) is 2.62. The second kappa shape index (κ2) is 4.12. The Balaban J connectivity index is 2.82. The van der Waals surface area contributed by atoms with E-state index >= 15 is 0 Å². The molecule has 2 rings (SSSR count). The van der Waals surface area contributed by atoms with E-state index in [1.54, 1.807) is 0 Å². The van der Waals surface area contributed by atoms with Crippen molar-refractivity contribution in [1.29, 1.82) is 0 Å². The van der Waals surface area contributed by atoms with Gasteiger partial charge in [0.2, 0.25) is 0 Å². The number of benzene rings is 2. The summed E-state index contributed by atoms with van der Waals surface area (Å²) in [6.45, 7) is 13.7. The molecule has 0 N–H and O–H groups in total. The third-order valence-electron chi connectivity index (χ3n) is 3.54. The Morgan fingerprint density at radius 2 is 0.889 bits per heavy atom. The summed E-state index contributed by atoms with van der Waals surface area (Å²) < 4.78 is 0. The Morgan fingerprint density at radius 3 is 1.17 bits per heavy atom. The highest BCUT2D eigenvalue weighted by atomic mass is 14.2. The zero-order valence-electron chi connectivity index (χ0n) is 12.5. The molecule has 0 spiro atoms. The van der Waals surface area contributed by atoms with Crippen LogP contribution in [0.4, 0.5) is 0 Å². The SMILES string of the molecule is CC(C)(C)c1cccc2c(C(C)(C)C)cccc12. The smallest absolute Gasteiger partial charge is 0.0126 e. The molecule has 0 saturated heterocycles. The molecular weight excluding hydrogens is 216 g/mol. The van der Waals surface area contributed by atoms with Gasteiger partial charge < -0.3 is 0 Å². The Hall–Kier alpha value is -1.30. The van der Waals surface area contributed by atoms with E-state index in [1.165, 1.54) is 21.9 Å². The standard InChI is InChI=1S/C18H24/c1-17(2,3)15-11-7-10-14-13(15)9-8-12-16(14)18(4,5)6/h7-12H,1-6H3. The Kier molecular flexibility index (Phi) is 3.01. The number of fused-ring (bicyclic) bond motifs is 1. The molecule has 0 bridgehead atoms. The molecule has 0 atom stereocenters. The van der Waals surface area contributed by atoms with Crippen LogP contribution in [0.15, 0.2) is 36.4 Å². The molecule has 0 aromatic heterocycles. The summed E-state index contributed by atoms with van der Waals surface area (Å²) in [5.74, 6) is 0. The summed E-state index contributed by atoms with van der Waals surface area (Å²) in [6.07, 6.45) is 0. The molecule has 0 aliphatic heterocycles. The summed E-state index contributed by atoms with van der Waals surface area (Å²) in [4.78, 5) is 0. The van der Waals surface area contributed by atoms with Crippen LogP contribution in [0.2, 0.25) is 0 Å². The van der Waals surface area contributed by atoms with Crippen molar-refractivity contribution in [3.8, 4) is 0 Å². The lowest BCUT2D eigenvalue weighted by Gasteiger charge is -2.25. The zero-order valence-corrected chi connectivity index (χ0v) is 12.5. The summed E-state index contributed by atoms with van der Waals surface area (Å²) in [5.41, 5.74) is 3.25. The lowest BCUT2D eigenvalue weighted by atomic mass is 9.79. The monoisotopic (exact) mass is 240 g/mol. The Labute approximate surface area is 111 Å². The van der Waals surface area contributed by atoms with Crippen LogP contribution < -0.4 is 0 Å². The molecule has 96 valence electrons. The first-order valence-electron chi connectivity index (χ1n) is 6.74. The van der Waals surface area contributed by atoms with Gasteiger partial charge in [0.25, 0.3) is 0 Å². The molecule has 0 fully saturated rings. The highest BCUT2D eigenvalue weighted by molar-refractivity contribution is 5.90. The molecule has 0 unspecified atom stereocenters. The normalized spacial score (nSPS) is 13.0. The van der Waals surface area contributed by atoms with E-state index in [1.807, 2.05) is 0 Å². The Bertz CT molecular complexity index is 509. The van der Waals surface area contributed by atoms with Gasteiger partial charge in [0.1, 0.15) is 0 Å². The van der Waals surface area contributed by atoms with E-state index in [0.717, 1.165) is 0 Å². The minimum Gasteiger partial charge on any atom is -0.0613 e. The average molecular weight is 240 g/mol. The summed E-state index contributed by atoms with van der Waals surface area (Å²) >= 11 is 0. The predicted molar refractivity (Wildman–Crippen MR) is 81.3 cm³/mol. The predicted octanol–water partition coefficient (Wildman–Crippen LogP) is 5.43. The quantitative estimate of drug-likeness (QED) is 0.575. The molecule has 0 nitrogen and oxygen atoms in total. The van der Waals surface area contributed by atoms with Crippen LogP contribution in [0.5, 0.6) is 0 Å². The van der Waals surface area contributed by atoms with E-state index in [2.05, 4.69) is 77.9 Å². The lowest BCUT2D eigenvalue weighted by molar-refractivity contribution is 0.590. The molecular formula is C18H24. The highest BCUT2D eigenvalue weighted by Crippen LogP contribution is 2.35. The maximum atomic E-state index is 2.28. The molecule has 0 amide bonds. The second-order valence-electron chi connectivity index (χ2n) is 7.21. The van der Waals surface area contributed by atoms with Crippen molar-refractivity contribution in [2.24, 2.45) is 0 Å². The largest absolute Gasteiger partial charge is 0.0613 e. The molecule has 0 aliphatic carbocycles. The van der Waals surface area contributed by atoms with E-state index in [0.29, 0.717) is 0 Å². The molecule has 0 saturated carbocycles. The number of rotatable bonds is 0. The van der Waals surface area contributed by atoms with Gasteiger partial charge in [0, 0.05) is 0 Å². The third-order valence-corrected chi connectivity index (χ3v) is 3.54. The third kappa shape index (κ3) is 2.29. The molecule has 2 aromatic rings. The van der Waals surface area contributed by atoms with Crippen molar-refractivity contribution in [1.82, 2.24) is 0 Å². The molecule has 0 heterocycles. The van der Waals surface area contributed by atoms with Gasteiger partial charge in [-0.25, -0.2) is 0 Å². The summed E-state index contributed by atoms with van der Waals surface area (Å²) in [5, 5.41) is 2.80. The van der Waals surface area contributed by atoms with Crippen molar-refractivity contribution in [2.45, 2.75) is 52.4 Å². The fourth-order valence-corrected chi connectivity index (χ4v) is 2.62. The highest BCUT2D eigenvalue weighted by Gasteiger charge is 2.20. The van der Waals surface area contributed by atoms with Gasteiger partial charge in [-0.15, -0.1) is 0 Å². The van der Waals surface area contributed by atoms with E-state index in [4.69, 9.17) is 0 Å².